The maximum atomic E-state index is 9.39. The van der Waals surface area contributed by atoms with Crippen molar-refractivity contribution in [2.45, 2.75) is 46.5 Å². The Morgan fingerprint density at radius 2 is 1.95 bits per heavy atom. The first kappa shape index (κ1) is 17.0. The molecule has 1 unspecified atom stereocenters. The molecule has 0 aromatic heterocycles. The van der Waals surface area contributed by atoms with Crippen LogP contribution in [0.2, 0.25) is 0 Å². The second kappa shape index (κ2) is 7.09. The van der Waals surface area contributed by atoms with Crippen LogP contribution in [0.4, 0.5) is 0 Å². The molecule has 3 N–H and O–H groups in total. The SMILES string of the molecule is CCOc1c(CC(CN)CO)cc(C)cc1C(C)(C)C. The van der Waals surface area contributed by atoms with Crippen LogP contribution in [0, 0.1) is 12.8 Å². The van der Waals surface area contributed by atoms with Crippen LogP contribution in [0.3, 0.4) is 0 Å². The van der Waals surface area contributed by atoms with Gasteiger partial charge in [0.15, 0.2) is 0 Å². The van der Waals surface area contributed by atoms with E-state index in [4.69, 9.17) is 10.5 Å². The Morgan fingerprint density at radius 1 is 1.30 bits per heavy atom. The molecule has 0 radical (unpaired) electrons. The molecule has 0 saturated carbocycles. The maximum absolute atomic E-state index is 9.39. The first-order chi connectivity index (χ1) is 9.33. The van der Waals surface area contributed by atoms with Crippen LogP contribution in [0.25, 0.3) is 0 Å². The largest absolute Gasteiger partial charge is 0.493 e. The molecule has 3 nitrogen and oxygen atoms in total. The van der Waals surface area contributed by atoms with E-state index >= 15 is 0 Å². The molecule has 0 bridgehead atoms. The first-order valence-corrected chi connectivity index (χ1v) is 7.41. The number of hydrogen-bond donors (Lipinski definition) is 2. The van der Waals surface area contributed by atoms with Crippen molar-refractivity contribution in [2.24, 2.45) is 11.7 Å². The molecule has 0 heterocycles. The average Bonchev–Trinajstić information content (AvgIpc) is 2.37. The van der Waals surface area contributed by atoms with Crippen molar-refractivity contribution in [3.8, 4) is 5.75 Å². The number of benzene rings is 1. The summed E-state index contributed by atoms with van der Waals surface area (Å²) in [5.41, 5.74) is 9.35. The van der Waals surface area contributed by atoms with Gasteiger partial charge in [0.25, 0.3) is 0 Å². The second-order valence-corrected chi connectivity index (χ2v) is 6.47. The van der Waals surface area contributed by atoms with Crippen molar-refractivity contribution < 1.29 is 9.84 Å². The van der Waals surface area contributed by atoms with Gasteiger partial charge in [-0.1, -0.05) is 38.5 Å². The zero-order valence-corrected chi connectivity index (χ0v) is 13.5. The predicted octanol–water partition coefficient (Wildman–Crippen LogP) is 2.80. The van der Waals surface area contributed by atoms with Gasteiger partial charge in [0, 0.05) is 12.2 Å². The van der Waals surface area contributed by atoms with Gasteiger partial charge in [0.05, 0.1) is 6.61 Å². The zero-order valence-electron chi connectivity index (χ0n) is 13.5. The molecule has 0 aliphatic heterocycles. The van der Waals surface area contributed by atoms with Gasteiger partial charge in [0.2, 0.25) is 0 Å². The Balaban J connectivity index is 3.30. The highest BCUT2D eigenvalue weighted by atomic mass is 16.5. The predicted molar refractivity (Wildman–Crippen MR) is 84.4 cm³/mol. The van der Waals surface area contributed by atoms with Crippen LogP contribution in [-0.4, -0.2) is 24.9 Å². The van der Waals surface area contributed by atoms with Crippen LogP contribution >= 0.6 is 0 Å². The number of hydrogen-bond acceptors (Lipinski definition) is 3. The second-order valence-electron chi connectivity index (χ2n) is 6.47. The van der Waals surface area contributed by atoms with E-state index in [0.717, 1.165) is 17.7 Å². The van der Waals surface area contributed by atoms with Crippen molar-refractivity contribution in [2.75, 3.05) is 19.8 Å². The molecule has 114 valence electrons. The highest BCUT2D eigenvalue weighted by molar-refractivity contribution is 5.48. The van der Waals surface area contributed by atoms with Gasteiger partial charge in [-0.2, -0.15) is 0 Å². The van der Waals surface area contributed by atoms with Crippen LogP contribution < -0.4 is 10.5 Å². The van der Waals surface area contributed by atoms with Crippen molar-refractivity contribution in [1.29, 1.82) is 0 Å². The van der Waals surface area contributed by atoms with E-state index in [1.165, 1.54) is 11.1 Å². The normalized spacial score (nSPS) is 13.3. The molecule has 1 rings (SSSR count). The Labute approximate surface area is 123 Å². The first-order valence-electron chi connectivity index (χ1n) is 7.41. The molecule has 0 saturated heterocycles. The van der Waals surface area contributed by atoms with E-state index < -0.39 is 0 Å². The van der Waals surface area contributed by atoms with Crippen molar-refractivity contribution in [3.05, 3.63) is 28.8 Å². The fourth-order valence-electron chi connectivity index (χ4n) is 2.41. The molecular weight excluding hydrogens is 250 g/mol. The number of aliphatic hydroxyl groups excluding tert-OH is 1. The monoisotopic (exact) mass is 279 g/mol. The standard InChI is InChI=1S/C17H29NO2/c1-6-20-16-14(9-13(10-18)11-19)7-12(2)8-15(16)17(3,4)5/h7-8,13,19H,6,9-11,18H2,1-5H3. The van der Waals surface area contributed by atoms with Crippen molar-refractivity contribution >= 4 is 0 Å². The Bertz CT molecular complexity index is 431. The van der Waals surface area contributed by atoms with Crippen LogP contribution in [0.1, 0.15) is 44.4 Å². The van der Waals surface area contributed by atoms with E-state index in [-0.39, 0.29) is 17.9 Å². The third-order valence-electron chi connectivity index (χ3n) is 3.51. The molecule has 1 aromatic rings. The highest BCUT2D eigenvalue weighted by Crippen LogP contribution is 2.36. The molecule has 0 spiro atoms. The summed E-state index contributed by atoms with van der Waals surface area (Å²) in [7, 11) is 0. The Hall–Kier alpha value is -1.06. The lowest BCUT2D eigenvalue weighted by atomic mass is 9.83. The minimum Gasteiger partial charge on any atom is -0.493 e. The molecule has 1 atom stereocenters. The molecule has 0 aliphatic rings. The summed E-state index contributed by atoms with van der Waals surface area (Å²) in [5, 5.41) is 9.39. The van der Waals surface area contributed by atoms with Crippen LogP contribution in [0.5, 0.6) is 5.75 Å². The molecule has 3 heteroatoms. The lowest BCUT2D eigenvalue weighted by Crippen LogP contribution is -2.22. The Morgan fingerprint density at radius 3 is 2.40 bits per heavy atom. The molecule has 0 aliphatic carbocycles. The number of aryl methyl sites for hydroxylation is 1. The van der Waals surface area contributed by atoms with Gasteiger partial charge in [-0.3, -0.25) is 0 Å². The molecular formula is C17H29NO2. The summed E-state index contributed by atoms with van der Waals surface area (Å²) in [6.07, 6.45) is 0.757. The van der Waals surface area contributed by atoms with E-state index in [1.54, 1.807) is 0 Å². The number of rotatable bonds is 6. The maximum Gasteiger partial charge on any atom is 0.126 e. The summed E-state index contributed by atoms with van der Waals surface area (Å²) >= 11 is 0. The molecule has 0 fully saturated rings. The quantitative estimate of drug-likeness (QED) is 0.842. The van der Waals surface area contributed by atoms with Gasteiger partial charge in [-0.15, -0.1) is 0 Å². The fraction of sp³-hybridized carbons (Fsp3) is 0.647. The third-order valence-corrected chi connectivity index (χ3v) is 3.51. The molecule has 0 amide bonds. The highest BCUT2D eigenvalue weighted by Gasteiger charge is 2.23. The van der Waals surface area contributed by atoms with Gasteiger partial charge in [0.1, 0.15) is 5.75 Å². The zero-order chi connectivity index (χ0) is 15.3. The van der Waals surface area contributed by atoms with Gasteiger partial charge >= 0.3 is 0 Å². The summed E-state index contributed by atoms with van der Waals surface area (Å²) in [4.78, 5) is 0. The average molecular weight is 279 g/mol. The number of nitrogens with two attached hydrogens (primary N) is 1. The summed E-state index contributed by atoms with van der Waals surface area (Å²) < 4.78 is 5.92. The van der Waals surface area contributed by atoms with E-state index in [1.807, 2.05) is 6.92 Å². The van der Waals surface area contributed by atoms with Gasteiger partial charge in [-0.25, -0.2) is 0 Å². The van der Waals surface area contributed by atoms with E-state index in [9.17, 15) is 5.11 Å². The van der Waals surface area contributed by atoms with Gasteiger partial charge in [-0.05, 0) is 43.7 Å². The minimum atomic E-state index is 0.0305. The lowest BCUT2D eigenvalue weighted by Gasteiger charge is -2.26. The number of ether oxygens (including phenoxy) is 1. The topological polar surface area (TPSA) is 55.5 Å². The van der Waals surface area contributed by atoms with Crippen LogP contribution in [-0.2, 0) is 11.8 Å². The minimum absolute atomic E-state index is 0.0305. The molecule has 20 heavy (non-hydrogen) atoms. The van der Waals surface area contributed by atoms with E-state index in [0.29, 0.717) is 13.2 Å². The van der Waals surface area contributed by atoms with Crippen LogP contribution in [0.15, 0.2) is 12.1 Å². The number of aliphatic hydroxyl groups is 1. The Kier molecular flexibility index (Phi) is 6.03. The smallest absolute Gasteiger partial charge is 0.126 e. The summed E-state index contributed by atoms with van der Waals surface area (Å²) in [5.74, 6) is 1.06. The third kappa shape index (κ3) is 4.22. The van der Waals surface area contributed by atoms with Crippen molar-refractivity contribution in [1.82, 2.24) is 0 Å². The lowest BCUT2D eigenvalue weighted by molar-refractivity contribution is 0.228. The van der Waals surface area contributed by atoms with Gasteiger partial charge < -0.3 is 15.6 Å². The summed E-state index contributed by atoms with van der Waals surface area (Å²) in [6, 6.07) is 4.35. The summed E-state index contributed by atoms with van der Waals surface area (Å²) in [6.45, 7) is 11.9. The molecule has 1 aromatic carbocycles. The fourth-order valence-corrected chi connectivity index (χ4v) is 2.41. The van der Waals surface area contributed by atoms with Crippen molar-refractivity contribution in [3.63, 3.8) is 0 Å². The van der Waals surface area contributed by atoms with E-state index in [2.05, 4.69) is 39.8 Å².